The van der Waals surface area contributed by atoms with Gasteiger partial charge < -0.3 is 14.5 Å². The molecule has 0 saturated carbocycles. The van der Waals surface area contributed by atoms with Gasteiger partial charge in [0.15, 0.2) is 0 Å². The number of nitrogens with zero attached hydrogens (tertiary/aromatic N) is 1. The second-order valence-electron chi connectivity index (χ2n) is 7.89. The van der Waals surface area contributed by atoms with Crippen molar-refractivity contribution in [2.45, 2.75) is 20.4 Å². The van der Waals surface area contributed by atoms with Crippen molar-refractivity contribution in [3.63, 3.8) is 0 Å². The molecule has 32 heavy (non-hydrogen) atoms. The molecule has 7 heteroatoms. The molecule has 0 fully saturated rings. The van der Waals surface area contributed by atoms with Crippen LogP contribution in [0.1, 0.15) is 25.2 Å². The van der Waals surface area contributed by atoms with Crippen LogP contribution in [-0.2, 0) is 16.1 Å². The third-order valence-electron chi connectivity index (χ3n) is 4.90. The average molecular weight is 434 g/mol. The van der Waals surface area contributed by atoms with Crippen molar-refractivity contribution in [2.24, 2.45) is 5.92 Å². The van der Waals surface area contributed by atoms with E-state index in [-0.39, 0.29) is 17.8 Å². The van der Waals surface area contributed by atoms with Crippen LogP contribution in [0.2, 0.25) is 0 Å². The Labute approximate surface area is 185 Å². The lowest BCUT2D eigenvalue weighted by molar-refractivity contribution is -0.137. The number of halogens is 1. The molecule has 164 valence electrons. The quantitative estimate of drug-likeness (QED) is 0.514. The van der Waals surface area contributed by atoms with Crippen LogP contribution in [0.4, 0.5) is 10.1 Å². The zero-order chi connectivity index (χ0) is 22.7. The first-order valence-corrected chi connectivity index (χ1v) is 10.3. The average Bonchev–Trinajstić information content (AvgIpc) is 3.37. The number of anilines is 1. The van der Waals surface area contributed by atoms with Crippen molar-refractivity contribution >= 4 is 23.1 Å². The van der Waals surface area contributed by atoms with Crippen molar-refractivity contribution in [1.29, 1.82) is 0 Å². The Morgan fingerprint density at radius 2 is 1.72 bits per heavy atom. The van der Waals surface area contributed by atoms with Gasteiger partial charge in [-0.2, -0.15) is 0 Å². The van der Waals surface area contributed by atoms with Gasteiger partial charge in [-0.05, 0) is 60.0 Å². The van der Waals surface area contributed by atoms with Crippen molar-refractivity contribution in [3.8, 4) is 5.75 Å². The van der Waals surface area contributed by atoms with Crippen LogP contribution < -0.4 is 10.1 Å². The molecule has 6 nitrogen and oxygen atoms in total. The Balaban J connectivity index is 1.67. The number of hydrogen-bond donors (Lipinski definition) is 1. The number of imide groups is 1. The molecular weight excluding hydrogens is 411 g/mol. The lowest BCUT2D eigenvalue weighted by Crippen LogP contribution is -2.31. The van der Waals surface area contributed by atoms with Crippen LogP contribution in [0.5, 0.6) is 5.75 Å². The molecule has 2 amide bonds. The summed E-state index contributed by atoms with van der Waals surface area (Å²) in [4.78, 5) is 27.6. The van der Waals surface area contributed by atoms with E-state index in [0.717, 1.165) is 4.90 Å². The van der Waals surface area contributed by atoms with E-state index in [2.05, 4.69) is 19.2 Å². The Bertz CT molecular complexity index is 1130. The second kappa shape index (κ2) is 9.09. The molecule has 0 radical (unpaired) electrons. The molecule has 0 saturated heterocycles. The molecule has 3 aromatic rings. The minimum atomic E-state index is -0.481. The van der Waals surface area contributed by atoms with E-state index < -0.39 is 17.6 Å². The molecule has 0 unspecified atom stereocenters. The van der Waals surface area contributed by atoms with Gasteiger partial charge in [0, 0.05) is 5.69 Å². The summed E-state index contributed by atoms with van der Waals surface area (Å²) < 4.78 is 24.3. The summed E-state index contributed by atoms with van der Waals surface area (Å²) in [7, 11) is 0. The number of amides is 2. The van der Waals surface area contributed by atoms with Crippen molar-refractivity contribution in [3.05, 3.63) is 89.8 Å². The minimum absolute atomic E-state index is 0.0122. The third-order valence-corrected chi connectivity index (χ3v) is 4.90. The van der Waals surface area contributed by atoms with E-state index in [1.807, 2.05) is 0 Å². The number of benzene rings is 2. The zero-order valence-corrected chi connectivity index (χ0v) is 17.8. The molecule has 2 aromatic carbocycles. The number of carbonyl (C=O) groups excluding carboxylic acids is 2. The van der Waals surface area contributed by atoms with E-state index >= 15 is 0 Å². The van der Waals surface area contributed by atoms with Crippen LogP contribution in [0.15, 0.2) is 77.0 Å². The Morgan fingerprint density at radius 3 is 2.34 bits per heavy atom. The van der Waals surface area contributed by atoms with Crippen LogP contribution in [-0.4, -0.2) is 23.3 Å². The maximum Gasteiger partial charge on any atom is 0.278 e. The summed E-state index contributed by atoms with van der Waals surface area (Å²) in [6.07, 6.45) is 1.49. The first kappa shape index (κ1) is 21.4. The Kier molecular flexibility index (Phi) is 6.07. The van der Waals surface area contributed by atoms with Gasteiger partial charge in [-0.15, -0.1) is 0 Å². The molecule has 1 aliphatic rings. The van der Waals surface area contributed by atoms with Crippen LogP contribution in [0.25, 0.3) is 5.57 Å². The summed E-state index contributed by atoms with van der Waals surface area (Å²) in [5, 5.41) is 3.00. The van der Waals surface area contributed by atoms with E-state index in [9.17, 15) is 14.0 Å². The van der Waals surface area contributed by atoms with E-state index in [4.69, 9.17) is 9.15 Å². The molecule has 1 N–H and O–H groups in total. The van der Waals surface area contributed by atoms with Gasteiger partial charge in [-0.1, -0.05) is 26.0 Å². The number of furan rings is 1. The van der Waals surface area contributed by atoms with Crippen LogP contribution >= 0.6 is 0 Å². The molecule has 1 aliphatic heterocycles. The number of ether oxygens (including phenoxy) is 1. The normalized spacial score (nSPS) is 13.9. The van der Waals surface area contributed by atoms with Crippen molar-refractivity contribution in [1.82, 2.24) is 4.90 Å². The highest BCUT2D eigenvalue weighted by Crippen LogP contribution is 2.32. The highest BCUT2D eigenvalue weighted by molar-refractivity contribution is 6.36. The molecule has 0 spiro atoms. The molecule has 2 heterocycles. The summed E-state index contributed by atoms with van der Waals surface area (Å²) in [6, 6.07) is 16.0. The van der Waals surface area contributed by atoms with Gasteiger partial charge in [0.25, 0.3) is 11.8 Å². The lowest BCUT2D eigenvalue weighted by Gasteiger charge is -2.13. The van der Waals surface area contributed by atoms with E-state index in [1.54, 1.807) is 36.4 Å². The van der Waals surface area contributed by atoms with Gasteiger partial charge in [-0.3, -0.25) is 14.5 Å². The molecular formula is C25H23FN2O4. The Morgan fingerprint density at radius 1 is 1.00 bits per heavy atom. The fraction of sp³-hybridized carbons (Fsp3) is 0.200. The van der Waals surface area contributed by atoms with Gasteiger partial charge in [0.1, 0.15) is 23.0 Å². The molecule has 0 atom stereocenters. The largest absolute Gasteiger partial charge is 0.493 e. The molecule has 1 aromatic heterocycles. The molecule has 0 aliphatic carbocycles. The van der Waals surface area contributed by atoms with E-state index in [1.165, 1.54) is 30.5 Å². The van der Waals surface area contributed by atoms with E-state index in [0.29, 0.717) is 35.3 Å². The summed E-state index contributed by atoms with van der Waals surface area (Å²) in [5.74, 6) is 0.243. The highest BCUT2D eigenvalue weighted by Gasteiger charge is 2.39. The monoisotopic (exact) mass is 434 g/mol. The SMILES string of the molecule is CC(C)COc1ccc(C2=C(Nc3ccc(F)cc3)C(=O)N(Cc3ccco3)C2=O)cc1. The zero-order valence-electron chi connectivity index (χ0n) is 17.8. The number of rotatable bonds is 8. The molecule has 4 rings (SSSR count). The minimum Gasteiger partial charge on any atom is -0.493 e. The molecule has 0 bridgehead atoms. The second-order valence-corrected chi connectivity index (χ2v) is 7.89. The number of carbonyl (C=O) groups is 2. The smallest absolute Gasteiger partial charge is 0.278 e. The highest BCUT2D eigenvalue weighted by atomic mass is 19.1. The Hall–Kier alpha value is -3.87. The summed E-state index contributed by atoms with van der Waals surface area (Å²) in [5.41, 5.74) is 1.44. The predicted octanol–water partition coefficient (Wildman–Crippen LogP) is 4.85. The predicted molar refractivity (Wildman–Crippen MR) is 118 cm³/mol. The lowest BCUT2D eigenvalue weighted by atomic mass is 10.0. The standard InChI is InChI=1S/C25H23FN2O4/c1-16(2)15-32-20-11-5-17(6-12-20)22-23(27-19-9-7-18(26)8-10-19)25(30)28(24(22)29)14-21-4-3-13-31-21/h3-13,16,27H,14-15H2,1-2H3. The fourth-order valence-corrected chi connectivity index (χ4v) is 3.32. The number of hydrogen-bond acceptors (Lipinski definition) is 5. The summed E-state index contributed by atoms with van der Waals surface area (Å²) >= 11 is 0. The van der Waals surface area contributed by atoms with Crippen molar-refractivity contribution in [2.75, 3.05) is 11.9 Å². The van der Waals surface area contributed by atoms with Gasteiger partial charge in [0.2, 0.25) is 0 Å². The van der Waals surface area contributed by atoms with Crippen LogP contribution in [0, 0.1) is 11.7 Å². The third kappa shape index (κ3) is 4.56. The topological polar surface area (TPSA) is 71.8 Å². The van der Waals surface area contributed by atoms with Crippen LogP contribution in [0.3, 0.4) is 0 Å². The maximum atomic E-state index is 13.3. The fourth-order valence-electron chi connectivity index (χ4n) is 3.32. The first-order chi connectivity index (χ1) is 15.4. The first-order valence-electron chi connectivity index (χ1n) is 10.3. The number of nitrogens with one attached hydrogen (secondary N) is 1. The van der Waals surface area contributed by atoms with Gasteiger partial charge in [0.05, 0.1) is 25.0 Å². The van der Waals surface area contributed by atoms with Gasteiger partial charge in [-0.25, -0.2) is 4.39 Å². The maximum absolute atomic E-state index is 13.3. The summed E-state index contributed by atoms with van der Waals surface area (Å²) in [6.45, 7) is 4.71. The van der Waals surface area contributed by atoms with Gasteiger partial charge >= 0.3 is 0 Å². The van der Waals surface area contributed by atoms with Crippen molar-refractivity contribution < 1.29 is 23.1 Å².